The number of aromatic nitrogens is 5. The smallest absolute Gasteiger partial charge is 0.264 e. The molecule has 26 heavy (non-hydrogen) atoms. The summed E-state index contributed by atoms with van der Waals surface area (Å²) in [5, 5.41) is 12.4. The van der Waals surface area contributed by atoms with Gasteiger partial charge in [-0.25, -0.2) is 4.68 Å². The molecule has 2 aromatic heterocycles. The number of hydrogen-bond donors (Lipinski definition) is 0. The lowest BCUT2D eigenvalue weighted by molar-refractivity contribution is 0.243. The molecule has 7 nitrogen and oxygen atoms in total. The van der Waals surface area contributed by atoms with E-state index in [0.717, 1.165) is 40.9 Å². The SMILES string of the molecule is CCCn1nnc2cc(-c3noc(COc4cccc(C)c4)n3)ccc21. The monoisotopic (exact) mass is 349 g/mol. The second kappa shape index (κ2) is 6.95. The number of benzene rings is 2. The van der Waals surface area contributed by atoms with Crippen LogP contribution < -0.4 is 4.74 Å². The molecule has 0 amide bonds. The molecule has 0 aliphatic carbocycles. The molecule has 0 radical (unpaired) electrons. The van der Waals surface area contributed by atoms with Crippen LogP contribution in [0.5, 0.6) is 5.75 Å². The predicted octanol–water partition coefficient (Wildman–Crippen LogP) is 3.78. The van der Waals surface area contributed by atoms with Gasteiger partial charge in [0.1, 0.15) is 11.3 Å². The summed E-state index contributed by atoms with van der Waals surface area (Å²) in [6.07, 6.45) is 1.01. The van der Waals surface area contributed by atoms with E-state index in [1.807, 2.05) is 54.1 Å². The standard InChI is InChI=1S/C19H19N5O2/c1-3-9-24-17-8-7-14(11-16(17)21-23-24)19-20-18(26-22-19)12-25-15-6-4-5-13(2)10-15/h4-8,10-11H,3,9,12H2,1-2H3. The summed E-state index contributed by atoms with van der Waals surface area (Å²) in [6.45, 7) is 5.20. The number of aryl methyl sites for hydroxylation is 2. The zero-order chi connectivity index (χ0) is 17.9. The Kier molecular flexibility index (Phi) is 4.35. The van der Waals surface area contributed by atoms with Gasteiger partial charge in [0.15, 0.2) is 6.61 Å². The fraction of sp³-hybridized carbons (Fsp3) is 0.263. The van der Waals surface area contributed by atoms with Gasteiger partial charge in [0, 0.05) is 12.1 Å². The van der Waals surface area contributed by atoms with E-state index in [9.17, 15) is 0 Å². The zero-order valence-corrected chi connectivity index (χ0v) is 14.7. The van der Waals surface area contributed by atoms with Gasteiger partial charge in [-0.3, -0.25) is 0 Å². The van der Waals surface area contributed by atoms with Crippen LogP contribution in [-0.4, -0.2) is 25.1 Å². The van der Waals surface area contributed by atoms with Gasteiger partial charge in [-0.1, -0.05) is 29.4 Å². The third kappa shape index (κ3) is 3.28. The topological polar surface area (TPSA) is 78.9 Å². The first kappa shape index (κ1) is 16.3. The molecule has 0 bridgehead atoms. The first-order valence-electron chi connectivity index (χ1n) is 8.58. The Hall–Kier alpha value is -3.22. The molecular formula is C19H19N5O2. The van der Waals surface area contributed by atoms with E-state index in [-0.39, 0.29) is 6.61 Å². The van der Waals surface area contributed by atoms with Gasteiger partial charge >= 0.3 is 0 Å². The third-order valence-electron chi connectivity index (χ3n) is 4.03. The van der Waals surface area contributed by atoms with Crippen LogP contribution in [0.15, 0.2) is 47.0 Å². The molecule has 2 aromatic carbocycles. The maximum atomic E-state index is 5.70. The summed E-state index contributed by atoms with van der Waals surface area (Å²) in [6, 6.07) is 13.7. The number of rotatable bonds is 6. The van der Waals surface area contributed by atoms with Crippen LogP contribution in [0.4, 0.5) is 0 Å². The number of ether oxygens (including phenoxy) is 1. The van der Waals surface area contributed by atoms with Crippen LogP contribution in [0.2, 0.25) is 0 Å². The predicted molar refractivity (Wildman–Crippen MR) is 96.6 cm³/mol. The number of fused-ring (bicyclic) bond motifs is 1. The highest BCUT2D eigenvalue weighted by Gasteiger charge is 2.12. The first-order valence-corrected chi connectivity index (χ1v) is 8.58. The van der Waals surface area contributed by atoms with E-state index < -0.39 is 0 Å². The minimum Gasteiger partial charge on any atom is -0.484 e. The van der Waals surface area contributed by atoms with E-state index in [4.69, 9.17) is 9.26 Å². The van der Waals surface area contributed by atoms with Gasteiger partial charge in [0.05, 0.1) is 5.52 Å². The van der Waals surface area contributed by atoms with E-state index >= 15 is 0 Å². The third-order valence-corrected chi connectivity index (χ3v) is 4.03. The van der Waals surface area contributed by atoms with E-state index in [2.05, 4.69) is 27.4 Å². The first-order chi connectivity index (χ1) is 12.7. The molecule has 2 heterocycles. The van der Waals surface area contributed by atoms with Gasteiger partial charge in [-0.15, -0.1) is 5.10 Å². The summed E-state index contributed by atoms with van der Waals surface area (Å²) in [7, 11) is 0. The molecule has 4 rings (SSSR count). The summed E-state index contributed by atoms with van der Waals surface area (Å²) >= 11 is 0. The van der Waals surface area contributed by atoms with Crippen molar-refractivity contribution in [2.45, 2.75) is 33.4 Å². The van der Waals surface area contributed by atoms with Crippen LogP contribution in [-0.2, 0) is 13.2 Å². The van der Waals surface area contributed by atoms with Crippen molar-refractivity contribution in [3.05, 3.63) is 53.9 Å². The van der Waals surface area contributed by atoms with Crippen LogP contribution in [0.1, 0.15) is 24.8 Å². The lowest BCUT2D eigenvalue weighted by Gasteiger charge is -2.03. The van der Waals surface area contributed by atoms with Crippen molar-refractivity contribution in [1.82, 2.24) is 25.1 Å². The van der Waals surface area contributed by atoms with Crippen LogP contribution >= 0.6 is 0 Å². The highest BCUT2D eigenvalue weighted by Crippen LogP contribution is 2.22. The van der Waals surface area contributed by atoms with Crippen molar-refractivity contribution in [1.29, 1.82) is 0 Å². The molecule has 0 saturated carbocycles. The maximum Gasteiger partial charge on any atom is 0.264 e. The van der Waals surface area contributed by atoms with Crippen LogP contribution in [0, 0.1) is 6.92 Å². The average molecular weight is 349 g/mol. The van der Waals surface area contributed by atoms with Crippen LogP contribution in [0.3, 0.4) is 0 Å². The molecule has 0 aliphatic rings. The van der Waals surface area contributed by atoms with Gasteiger partial charge in [-0.2, -0.15) is 4.98 Å². The average Bonchev–Trinajstić information content (AvgIpc) is 3.27. The molecule has 4 aromatic rings. The molecule has 0 fully saturated rings. The number of hydrogen-bond acceptors (Lipinski definition) is 6. The Morgan fingerprint density at radius 3 is 2.92 bits per heavy atom. The quantitative estimate of drug-likeness (QED) is 0.527. The lowest BCUT2D eigenvalue weighted by atomic mass is 10.2. The summed E-state index contributed by atoms with van der Waals surface area (Å²) in [5.74, 6) is 1.72. The highest BCUT2D eigenvalue weighted by molar-refractivity contribution is 5.79. The normalized spacial score (nSPS) is 11.2. The molecule has 0 atom stereocenters. The van der Waals surface area contributed by atoms with Gasteiger partial charge in [0.25, 0.3) is 5.89 Å². The van der Waals surface area contributed by atoms with Crippen LogP contribution in [0.25, 0.3) is 22.4 Å². The molecule has 132 valence electrons. The maximum absolute atomic E-state index is 5.70. The Balaban J connectivity index is 1.51. The fourth-order valence-electron chi connectivity index (χ4n) is 2.77. The molecular weight excluding hydrogens is 330 g/mol. The van der Waals surface area contributed by atoms with Crippen molar-refractivity contribution >= 4 is 11.0 Å². The van der Waals surface area contributed by atoms with Crippen molar-refractivity contribution in [3.63, 3.8) is 0 Å². The minimum absolute atomic E-state index is 0.228. The second-order valence-electron chi connectivity index (χ2n) is 6.13. The molecule has 7 heteroatoms. The summed E-state index contributed by atoms with van der Waals surface area (Å²) in [5.41, 5.74) is 3.80. The molecule has 0 aliphatic heterocycles. The highest BCUT2D eigenvalue weighted by atomic mass is 16.5. The molecule has 0 unspecified atom stereocenters. The van der Waals surface area contributed by atoms with E-state index in [1.54, 1.807) is 0 Å². The van der Waals surface area contributed by atoms with Crippen molar-refractivity contribution < 1.29 is 9.26 Å². The second-order valence-corrected chi connectivity index (χ2v) is 6.13. The Labute approximate surface area is 150 Å². The van der Waals surface area contributed by atoms with Crippen molar-refractivity contribution in [2.24, 2.45) is 0 Å². The molecule has 0 spiro atoms. The summed E-state index contributed by atoms with van der Waals surface area (Å²) in [4.78, 5) is 4.41. The Morgan fingerprint density at radius 2 is 2.08 bits per heavy atom. The number of nitrogens with zero attached hydrogens (tertiary/aromatic N) is 5. The van der Waals surface area contributed by atoms with Crippen molar-refractivity contribution in [2.75, 3.05) is 0 Å². The lowest BCUT2D eigenvalue weighted by Crippen LogP contribution is -1.98. The van der Waals surface area contributed by atoms with E-state index in [0.29, 0.717) is 11.7 Å². The zero-order valence-electron chi connectivity index (χ0n) is 14.7. The fourth-order valence-corrected chi connectivity index (χ4v) is 2.77. The molecule has 0 saturated heterocycles. The van der Waals surface area contributed by atoms with Crippen molar-refractivity contribution in [3.8, 4) is 17.1 Å². The Morgan fingerprint density at radius 1 is 1.15 bits per heavy atom. The van der Waals surface area contributed by atoms with Gasteiger partial charge < -0.3 is 9.26 Å². The molecule has 0 N–H and O–H groups in total. The Bertz CT molecular complexity index is 1040. The van der Waals surface area contributed by atoms with Gasteiger partial charge in [-0.05, 0) is 49.2 Å². The van der Waals surface area contributed by atoms with E-state index in [1.165, 1.54) is 0 Å². The minimum atomic E-state index is 0.228. The largest absolute Gasteiger partial charge is 0.484 e. The van der Waals surface area contributed by atoms with Gasteiger partial charge in [0.2, 0.25) is 5.82 Å². The summed E-state index contributed by atoms with van der Waals surface area (Å²) < 4.78 is 12.9.